The Bertz CT molecular complexity index is 219. The van der Waals surface area contributed by atoms with Gasteiger partial charge in [0.25, 0.3) is 0 Å². The zero-order chi connectivity index (χ0) is 10.0. The van der Waals surface area contributed by atoms with Gasteiger partial charge in [-0.1, -0.05) is 25.7 Å². The van der Waals surface area contributed by atoms with Crippen molar-refractivity contribution >= 4 is 5.91 Å². The molecule has 0 aromatic carbocycles. The minimum Gasteiger partial charge on any atom is -0.368 e. The fourth-order valence-corrected chi connectivity index (χ4v) is 3.20. The first-order chi connectivity index (χ1) is 6.75. The Morgan fingerprint density at radius 3 is 2.36 bits per heavy atom. The molecule has 1 saturated carbocycles. The van der Waals surface area contributed by atoms with Crippen molar-refractivity contribution in [1.82, 2.24) is 5.32 Å². The number of nitrogens with two attached hydrogens (primary N) is 1. The van der Waals surface area contributed by atoms with Crippen LogP contribution in [0, 0.1) is 5.41 Å². The fourth-order valence-electron chi connectivity index (χ4n) is 3.20. The topological polar surface area (TPSA) is 55.1 Å². The van der Waals surface area contributed by atoms with Crippen LogP contribution in [0.3, 0.4) is 0 Å². The third kappa shape index (κ3) is 1.65. The maximum absolute atomic E-state index is 11.3. The predicted molar refractivity (Wildman–Crippen MR) is 55.7 cm³/mol. The van der Waals surface area contributed by atoms with Crippen molar-refractivity contribution in [2.45, 2.75) is 51.0 Å². The molecule has 0 aromatic rings. The molecule has 1 spiro atoms. The Labute approximate surface area is 85.4 Å². The van der Waals surface area contributed by atoms with Crippen molar-refractivity contribution in [1.29, 1.82) is 0 Å². The standard InChI is InChI=1S/C11H20N2O/c12-10(14)9-11(7-8-13-9)5-3-1-2-4-6-11/h9,13H,1-8H2,(H2,12,14). The van der Waals surface area contributed by atoms with Gasteiger partial charge in [-0.3, -0.25) is 4.79 Å². The summed E-state index contributed by atoms with van der Waals surface area (Å²) in [6.45, 7) is 0.966. The lowest BCUT2D eigenvalue weighted by Crippen LogP contribution is -2.46. The molecule has 1 aliphatic carbocycles. The summed E-state index contributed by atoms with van der Waals surface area (Å²) in [4.78, 5) is 11.3. The van der Waals surface area contributed by atoms with Gasteiger partial charge in [0.1, 0.15) is 0 Å². The maximum Gasteiger partial charge on any atom is 0.235 e. The zero-order valence-corrected chi connectivity index (χ0v) is 8.72. The van der Waals surface area contributed by atoms with Crippen LogP contribution in [0.1, 0.15) is 44.9 Å². The van der Waals surface area contributed by atoms with Gasteiger partial charge in [-0.15, -0.1) is 0 Å². The van der Waals surface area contributed by atoms with Crippen molar-refractivity contribution < 1.29 is 4.79 Å². The number of rotatable bonds is 1. The summed E-state index contributed by atoms with van der Waals surface area (Å²) in [5.74, 6) is -0.149. The van der Waals surface area contributed by atoms with E-state index in [1.54, 1.807) is 0 Å². The van der Waals surface area contributed by atoms with Gasteiger partial charge in [0, 0.05) is 0 Å². The maximum atomic E-state index is 11.3. The van der Waals surface area contributed by atoms with Crippen LogP contribution in [0.5, 0.6) is 0 Å². The Morgan fingerprint density at radius 2 is 1.79 bits per heavy atom. The average molecular weight is 196 g/mol. The van der Waals surface area contributed by atoms with E-state index in [-0.39, 0.29) is 17.4 Å². The van der Waals surface area contributed by atoms with Gasteiger partial charge in [-0.2, -0.15) is 0 Å². The van der Waals surface area contributed by atoms with Gasteiger partial charge < -0.3 is 11.1 Å². The SMILES string of the molecule is NC(=O)C1NCCC12CCCCCC2. The van der Waals surface area contributed by atoms with Crippen LogP contribution in [0.2, 0.25) is 0 Å². The van der Waals surface area contributed by atoms with Gasteiger partial charge in [-0.05, 0) is 31.2 Å². The van der Waals surface area contributed by atoms with Crippen molar-refractivity contribution in [3.05, 3.63) is 0 Å². The Hall–Kier alpha value is -0.570. The second-order valence-corrected chi connectivity index (χ2v) is 4.82. The van der Waals surface area contributed by atoms with E-state index in [1.165, 1.54) is 38.5 Å². The molecule has 2 aliphatic rings. The molecule has 3 nitrogen and oxygen atoms in total. The summed E-state index contributed by atoms with van der Waals surface area (Å²) >= 11 is 0. The van der Waals surface area contributed by atoms with Gasteiger partial charge >= 0.3 is 0 Å². The van der Waals surface area contributed by atoms with E-state index in [2.05, 4.69) is 5.32 Å². The van der Waals surface area contributed by atoms with Crippen LogP contribution in [-0.4, -0.2) is 18.5 Å². The normalized spacial score (nSPS) is 31.6. The van der Waals surface area contributed by atoms with E-state index in [0.29, 0.717) is 0 Å². The summed E-state index contributed by atoms with van der Waals surface area (Å²) in [6.07, 6.45) is 8.71. The average Bonchev–Trinajstić information content (AvgIpc) is 2.39. The highest BCUT2D eigenvalue weighted by molar-refractivity contribution is 5.81. The molecular weight excluding hydrogens is 176 g/mol. The van der Waals surface area contributed by atoms with Crippen LogP contribution in [0.25, 0.3) is 0 Å². The van der Waals surface area contributed by atoms with Crippen LogP contribution < -0.4 is 11.1 Å². The number of hydrogen-bond donors (Lipinski definition) is 2. The molecule has 2 rings (SSSR count). The first kappa shape index (κ1) is 9.97. The second kappa shape index (κ2) is 3.89. The third-order valence-corrected chi connectivity index (χ3v) is 3.97. The number of primary amides is 1. The van der Waals surface area contributed by atoms with Gasteiger partial charge in [-0.25, -0.2) is 0 Å². The lowest BCUT2D eigenvalue weighted by molar-refractivity contribution is -0.122. The summed E-state index contributed by atoms with van der Waals surface area (Å²) in [6, 6.07) is -0.0550. The molecule has 3 N–H and O–H groups in total. The molecule has 1 amide bonds. The molecule has 1 saturated heterocycles. The van der Waals surface area contributed by atoms with Crippen molar-refractivity contribution in [3.8, 4) is 0 Å². The Morgan fingerprint density at radius 1 is 1.14 bits per heavy atom. The number of hydrogen-bond acceptors (Lipinski definition) is 2. The molecule has 80 valence electrons. The third-order valence-electron chi connectivity index (χ3n) is 3.97. The van der Waals surface area contributed by atoms with Crippen LogP contribution in [0.15, 0.2) is 0 Å². The molecule has 14 heavy (non-hydrogen) atoms. The minimum absolute atomic E-state index is 0.0550. The van der Waals surface area contributed by atoms with Gasteiger partial charge in [0.05, 0.1) is 6.04 Å². The molecule has 1 atom stereocenters. The monoisotopic (exact) mass is 196 g/mol. The molecule has 2 fully saturated rings. The first-order valence-corrected chi connectivity index (χ1v) is 5.77. The van der Waals surface area contributed by atoms with Crippen molar-refractivity contribution in [2.24, 2.45) is 11.1 Å². The molecule has 3 heteroatoms. The number of amides is 1. The summed E-state index contributed by atoms with van der Waals surface area (Å²) in [7, 11) is 0. The number of nitrogens with one attached hydrogen (secondary N) is 1. The van der Waals surface area contributed by atoms with E-state index >= 15 is 0 Å². The number of carbonyl (C=O) groups excluding carboxylic acids is 1. The van der Waals surface area contributed by atoms with Gasteiger partial charge in [0.2, 0.25) is 5.91 Å². The molecule has 0 bridgehead atoms. The highest BCUT2D eigenvalue weighted by Crippen LogP contribution is 2.43. The molecule has 1 aliphatic heterocycles. The van der Waals surface area contributed by atoms with Gasteiger partial charge in [0.15, 0.2) is 0 Å². The molecular formula is C11H20N2O. The van der Waals surface area contributed by atoms with Crippen LogP contribution in [-0.2, 0) is 4.79 Å². The van der Waals surface area contributed by atoms with E-state index in [1.807, 2.05) is 0 Å². The van der Waals surface area contributed by atoms with Crippen LogP contribution in [0.4, 0.5) is 0 Å². The van der Waals surface area contributed by atoms with E-state index in [9.17, 15) is 4.79 Å². The first-order valence-electron chi connectivity index (χ1n) is 5.77. The van der Waals surface area contributed by atoms with Crippen LogP contribution >= 0.6 is 0 Å². The predicted octanol–water partition coefficient (Wildman–Crippen LogP) is 1.17. The van der Waals surface area contributed by atoms with E-state index < -0.39 is 0 Å². The largest absolute Gasteiger partial charge is 0.368 e. The fraction of sp³-hybridized carbons (Fsp3) is 0.909. The lowest BCUT2D eigenvalue weighted by atomic mass is 9.74. The summed E-state index contributed by atoms with van der Waals surface area (Å²) in [5, 5.41) is 3.27. The molecule has 1 unspecified atom stereocenters. The molecule has 1 heterocycles. The number of carbonyl (C=O) groups is 1. The summed E-state index contributed by atoms with van der Waals surface area (Å²) in [5.41, 5.74) is 5.66. The summed E-state index contributed by atoms with van der Waals surface area (Å²) < 4.78 is 0. The molecule has 0 radical (unpaired) electrons. The van der Waals surface area contributed by atoms with Crippen molar-refractivity contribution in [2.75, 3.05) is 6.54 Å². The smallest absolute Gasteiger partial charge is 0.235 e. The van der Waals surface area contributed by atoms with E-state index in [4.69, 9.17) is 5.73 Å². The Kier molecular flexibility index (Phi) is 2.77. The highest BCUT2D eigenvalue weighted by atomic mass is 16.1. The lowest BCUT2D eigenvalue weighted by Gasteiger charge is -2.32. The quantitative estimate of drug-likeness (QED) is 0.661. The van der Waals surface area contributed by atoms with E-state index in [0.717, 1.165) is 13.0 Å². The minimum atomic E-state index is -0.149. The zero-order valence-electron chi connectivity index (χ0n) is 8.72. The second-order valence-electron chi connectivity index (χ2n) is 4.82. The highest BCUT2D eigenvalue weighted by Gasteiger charge is 2.45. The molecule has 0 aromatic heterocycles. The Balaban J connectivity index is 2.14. The van der Waals surface area contributed by atoms with Crippen molar-refractivity contribution in [3.63, 3.8) is 0 Å².